The van der Waals surface area contributed by atoms with Crippen molar-refractivity contribution in [3.63, 3.8) is 0 Å². The molecule has 2 aromatic rings. The van der Waals surface area contributed by atoms with Gasteiger partial charge in [0.25, 0.3) is 5.91 Å². The minimum absolute atomic E-state index is 0.0908. The molecule has 1 aromatic heterocycles. The maximum atomic E-state index is 12.4. The summed E-state index contributed by atoms with van der Waals surface area (Å²) in [7, 11) is 1.57. The first kappa shape index (κ1) is 16.4. The Hall–Kier alpha value is -2.01. The molecule has 1 atom stereocenters. The van der Waals surface area contributed by atoms with E-state index in [1.54, 1.807) is 13.2 Å². The van der Waals surface area contributed by atoms with Crippen LogP contribution in [0.15, 0.2) is 22.6 Å². The molecule has 0 aliphatic carbocycles. The van der Waals surface area contributed by atoms with E-state index in [1.807, 2.05) is 32.9 Å². The van der Waals surface area contributed by atoms with E-state index in [9.17, 15) is 9.90 Å². The second kappa shape index (κ2) is 6.83. The van der Waals surface area contributed by atoms with Crippen LogP contribution in [0, 0.1) is 12.8 Å². The zero-order chi connectivity index (χ0) is 16.3. The second-order valence-electron chi connectivity index (χ2n) is 5.88. The molecule has 0 saturated carbocycles. The monoisotopic (exact) mass is 305 g/mol. The van der Waals surface area contributed by atoms with Gasteiger partial charge in [-0.05, 0) is 25.3 Å². The number of methoxy groups -OCH3 is 1. The first-order valence-corrected chi connectivity index (χ1v) is 7.45. The summed E-state index contributed by atoms with van der Waals surface area (Å²) in [5.41, 5.74) is 1.34. The fourth-order valence-electron chi connectivity index (χ4n) is 2.59. The summed E-state index contributed by atoms with van der Waals surface area (Å²) in [6.45, 7) is 5.85. The number of hydrogen-bond acceptors (Lipinski definition) is 4. The van der Waals surface area contributed by atoms with E-state index in [0.717, 1.165) is 10.9 Å². The number of carbonyl (C=O) groups excluding carboxylic acids is 1. The first-order valence-electron chi connectivity index (χ1n) is 7.45. The molecule has 0 spiro atoms. The van der Waals surface area contributed by atoms with Crippen molar-refractivity contribution >= 4 is 16.9 Å². The number of nitrogens with one attached hydrogen (secondary N) is 1. The number of para-hydroxylation sites is 1. The van der Waals surface area contributed by atoms with Gasteiger partial charge in [-0.15, -0.1) is 0 Å². The quantitative estimate of drug-likeness (QED) is 0.861. The molecule has 0 aliphatic rings. The van der Waals surface area contributed by atoms with Crippen LogP contribution in [0.4, 0.5) is 0 Å². The number of benzene rings is 1. The number of rotatable bonds is 6. The highest BCUT2D eigenvalue weighted by atomic mass is 16.5. The van der Waals surface area contributed by atoms with Crippen LogP contribution in [0.5, 0.6) is 5.75 Å². The Kier molecular flexibility index (Phi) is 5.08. The van der Waals surface area contributed by atoms with Crippen molar-refractivity contribution in [2.24, 2.45) is 5.92 Å². The number of carbonyl (C=O) groups is 1. The number of aliphatic hydroxyl groups excluding tert-OH is 1. The predicted octanol–water partition coefficient (Wildman–Crippen LogP) is 2.89. The lowest BCUT2D eigenvalue weighted by Gasteiger charge is -2.17. The summed E-state index contributed by atoms with van der Waals surface area (Å²) in [6, 6.07) is 5.27. The molecular weight excluding hydrogens is 282 g/mol. The smallest absolute Gasteiger partial charge is 0.287 e. The molecule has 0 fully saturated rings. The molecule has 22 heavy (non-hydrogen) atoms. The van der Waals surface area contributed by atoms with Crippen LogP contribution in [0.2, 0.25) is 0 Å². The van der Waals surface area contributed by atoms with Crippen molar-refractivity contribution < 1.29 is 19.1 Å². The molecule has 2 rings (SSSR count). The summed E-state index contributed by atoms with van der Waals surface area (Å²) < 4.78 is 11.0. The largest absolute Gasteiger partial charge is 0.493 e. The number of aryl methyl sites for hydroxylation is 1. The molecule has 0 radical (unpaired) electrons. The van der Waals surface area contributed by atoms with Gasteiger partial charge in [0, 0.05) is 10.9 Å². The lowest BCUT2D eigenvalue weighted by atomic mass is 10.0. The number of ether oxygens (including phenoxy) is 1. The number of amides is 1. The Morgan fingerprint density at radius 1 is 1.41 bits per heavy atom. The maximum Gasteiger partial charge on any atom is 0.287 e. The maximum absolute atomic E-state index is 12.4. The average Bonchev–Trinajstić information content (AvgIpc) is 2.83. The van der Waals surface area contributed by atoms with Crippen LogP contribution in [-0.2, 0) is 0 Å². The topological polar surface area (TPSA) is 71.7 Å². The molecule has 2 N–H and O–H groups in total. The normalized spacial score (nSPS) is 12.6. The second-order valence-corrected chi connectivity index (χ2v) is 5.88. The van der Waals surface area contributed by atoms with Gasteiger partial charge >= 0.3 is 0 Å². The molecule has 1 heterocycles. The number of furan rings is 1. The minimum atomic E-state index is -0.310. The highest BCUT2D eigenvalue weighted by Crippen LogP contribution is 2.32. The summed E-state index contributed by atoms with van der Waals surface area (Å²) in [4.78, 5) is 12.4. The molecule has 5 nitrogen and oxygen atoms in total. The van der Waals surface area contributed by atoms with Gasteiger partial charge in [-0.1, -0.05) is 26.0 Å². The number of aliphatic hydroxyl groups is 1. The highest BCUT2D eigenvalue weighted by molar-refractivity contribution is 6.00. The molecule has 120 valence electrons. The fourth-order valence-corrected chi connectivity index (χ4v) is 2.59. The van der Waals surface area contributed by atoms with Gasteiger partial charge in [0.05, 0.1) is 19.8 Å². The third-order valence-electron chi connectivity index (χ3n) is 3.67. The Balaban J connectivity index is 2.30. The van der Waals surface area contributed by atoms with Gasteiger partial charge in [-0.25, -0.2) is 0 Å². The Morgan fingerprint density at radius 2 is 2.14 bits per heavy atom. The van der Waals surface area contributed by atoms with E-state index >= 15 is 0 Å². The Labute approximate surface area is 130 Å². The van der Waals surface area contributed by atoms with Gasteiger partial charge in [0.1, 0.15) is 0 Å². The Morgan fingerprint density at radius 3 is 2.73 bits per heavy atom. The molecule has 0 bridgehead atoms. The number of fused-ring (bicyclic) bond motifs is 1. The van der Waals surface area contributed by atoms with Crippen molar-refractivity contribution in [3.8, 4) is 5.75 Å². The van der Waals surface area contributed by atoms with Gasteiger partial charge in [-0.3, -0.25) is 4.79 Å². The van der Waals surface area contributed by atoms with Crippen molar-refractivity contribution in [2.75, 3.05) is 13.7 Å². The van der Waals surface area contributed by atoms with Gasteiger partial charge < -0.3 is 19.6 Å². The van der Waals surface area contributed by atoms with Crippen molar-refractivity contribution in [1.82, 2.24) is 5.32 Å². The van der Waals surface area contributed by atoms with Gasteiger partial charge in [-0.2, -0.15) is 0 Å². The molecular formula is C17H23NO4. The molecule has 1 aromatic carbocycles. The van der Waals surface area contributed by atoms with Crippen LogP contribution in [-0.4, -0.2) is 30.8 Å². The van der Waals surface area contributed by atoms with E-state index in [0.29, 0.717) is 23.7 Å². The van der Waals surface area contributed by atoms with E-state index in [2.05, 4.69) is 5.32 Å². The van der Waals surface area contributed by atoms with Crippen LogP contribution in [0.3, 0.4) is 0 Å². The molecule has 1 unspecified atom stereocenters. The van der Waals surface area contributed by atoms with E-state index in [1.165, 1.54) is 0 Å². The van der Waals surface area contributed by atoms with E-state index in [-0.39, 0.29) is 24.3 Å². The van der Waals surface area contributed by atoms with Gasteiger partial charge in [0.15, 0.2) is 17.1 Å². The Bertz CT molecular complexity index is 660. The molecule has 5 heteroatoms. The molecule has 0 saturated heterocycles. The zero-order valence-electron chi connectivity index (χ0n) is 13.5. The van der Waals surface area contributed by atoms with E-state index < -0.39 is 0 Å². The number of hydrogen-bond donors (Lipinski definition) is 2. The lowest BCUT2D eigenvalue weighted by molar-refractivity contribution is 0.0881. The van der Waals surface area contributed by atoms with Crippen LogP contribution < -0.4 is 10.1 Å². The average molecular weight is 305 g/mol. The van der Waals surface area contributed by atoms with Crippen molar-refractivity contribution in [2.45, 2.75) is 33.2 Å². The standard InChI is InChI=1S/C17H23NO4/c1-10(2)8-12(9-19)18-17(20)15-11(3)13-6-5-7-14(21-4)16(13)22-15/h5-7,10,12,19H,8-9H2,1-4H3,(H,18,20). The summed E-state index contributed by atoms with van der Waals surface area (Å²) in [5, 5.41) is 13.1. The van der Waals surface area contributed by atoms with Crippen LogP contribution in [0.1, 0.15) is 36.4 Å². The summed E-state index contributed by atoms with van der Waals surface area (Å²) in [6.07, 6.45) is 0.713. The molecule has 1 amide bonds. The zero-order valence-corrected chi connectivity index (χ0v) is 13.5. The third kappa shape index (κ3) is 3.25. The highest BCUT2D eigenvalue weighted by Gasteiger charge is 2.22. The van der Waals surface area contributed by atoms with Crippen LogP contribution >= 0.6 is 0 Å². The first-order chi connectivity index (χ1) is 10.5. The van der Waals surface area contributed by atoms with Crippen molar-refractivity contribution in [3.05, 3.63) is 29.5 Å². The van der Waals surface area contributed by atoms with Gasteiger partial charge in [0.2, 0.25) is 0 Å². The van der Waals surface area contributed by atoms with E-state index in [4.69, 9.17) is 9.15 Å². The minimum Gasteiger partial charge on any atom is -0.493 e. The predicted molar refractivity (Wildman–Crippen MR) is 85.3 cm³/mol. The lowest BCUT2D eigenvalue weighted by Crippen LogP contribution is -2.38. The van der Waals surface area contributed by atoms with Crippen molar-refractivity contribution in [1.29, 1.82) is 0 Å². The summed E-state index contributed by atoms with van der Waals surface area (Å²) in [5.74, 6) is 0.937. The van der Waals surface area contributed by atoms with Crippen LogP contribution in [0.25, 0.3) is 11.0 Å². The fraction of sp³-hybridized carbons (Fsp3) is 0.471. The molecule has 0 aliphatic heterocycles. The third-order valence-corrected chi connectivity index (χ3v) is 3.67. The summed E-state index contributed by atoms with van der Waals surface area (Å²) >= 11 is 0. The SMILES string of the molecule is COc1cccc2c(C)c(C(=O)NC(CO)CC(C)C)oc12.